The van der Waals surface area contributed by atoms with Crippen LogP contribution in [0.15, 0.2) is 30.5 Å². The molecule has 0 bridgehead atoms. The van der Waals surface area contributed by atoms with Gasteiger partial charge in [0.2, 0.25) is 0 Å². The van der Waals surface area contributed by atoms with Gasteiger partial charge >= 0.3 is 0 Å². The predicted molar refractivity (Wildman–Crippen MR) is 60.4 cm³/mol. The van der Waals surface area contributed by atoms with E-state index >= 15 is 0 Å². The molecule has 1 nitrogen and oxygen atoms in total. The smallest absolute Gasteiger partial charge is 0.145 e. The third-order valence-corrected chi connectivity index (χ3v) is 2.87. The minimum atomic E-state index is -0.192. The lowest BCUT2D eigenvalue weighted by atomic mass is 9.95. The van der Waals surface area contributed by atoms with Gasteiger partial charge < -0.3 is 0 Å². The van der Waals surface area contributed by atoms with Crippen molar-refractivity contribution in [3.05, 3.63) is 41.8 Å². The van der Waals surface area contributed by atoms with Crippen LogP contribution in [-0.2, 0) is 0 Å². The van der Waals surface area contributed by atoms with Crippen LogP contribution in [0.2, 0.25) is 0 Å². The van der Waals surface area contributed by atoms with Gasteiger partial charge in [-0.05, 0) is 18.4 Å². The van der Waals surface area contributed by atoms with Crippen LogP contribution in [0.25, 0.3) is 10.9 Å². The Kier molecular flexibility index (Phi) is 2.67. The number of pyridine rings is 1. The van der Waals surface area contributed by atoms with Crippen molar-refractivity contribution in [3.63, 3.8) is 0 Å². The van der Waals surface area contributed by atoms with Gasteiger partial charge in [0.05, 0.1) is 11.7 Å². The Bertz CT molecular complexity index is 479. The van der Waals surface area contributed by atoms with E-state index in [9.17, 15) is 4.39 Å². The maximum Gasteiger partial charge on any atom is 0.145 e. The van der Waals surface area contributed by atoms with Crippen molar-refractivity contribution >= 4 is 10.9 Å². The lowest BCUT2D eigenvalue weighted by molar-refractivity contribution is 0.583. The van der Waals surface area contributed by atoms with Crippen LogP contribution in [0.3, 0.4) is 0 Å². The molecule has 1 atom stereocenters. The standard InChI is InChI=1S/C13H14FN/c1-3-9(2)13-10-6-4-5-7-12(10)15-8-11(13)14/h4-9H,3H2,1-2H3. The molecule has 0 radical (unpaired) electrons. The zero-order valence-corrected chi connectivity index (χ0v) is 9.00. The van der Waals surface area contributed by atoms with Crippen LogP contribution in [-0.4, -0.2) is 4.98 Å². The molecule has 0 aliphatic carbocycles. The SMILES string of the molecule is CCC(C)c1c(F)cnc2ccccc12. The Balaban J connectivity index is 2.74. The Morgan fingerprint density at radius 1 is 1.33 bits per heavy atom. The number of rotatable bonds is 2. The fraction of sp³-hybridized carbons (Fsp3) is 0.308. The Morgan fingerprint density at radius 2 is 2.07 bits per heavy atom. The van der Waals surface area contributed by atoms with Crippen LogP contribution >= 0.6 is 0 Å². The van der Waals surface area contributed by atoms with Gasteiger partial charge in [0, 0.05) is 10.9 Å². The summed E-state index contributed by atoms with van der Waals surface area (Å²) in [4.78, 5) is 4.08. The Morgan fingerprint density at radius 3 is 2.80 bits per heavy atom. The first kappa shape index (κ1) is 10.1. The predicted octanol–water partition coefficient (Wildman–Crippen LogP) is 3.89. The number of fused-ring (bicyclic) bond motifs is 1. The fourth-order valence-electron chi connectivity index (χ4n) is 1.84. The lowest BCUT2D eigenvalue weighted by Gasteiger charge is -2.12. The van der Waals surface area contributed by atoms with Crippen molar-refractivity contribution in [2.45, 2.75) is 26.2 Å². The summed E-state index contributed by atoms with van der Waals surface area (Å²) in [7, 11) is 0. The molecule has 1 unspecified atom stereocenters. The molecular formula is C13H14FN. The van der Waals surface area contributed by atoms with Crippen LogP contribution in [0, 0.1) is 5.82 Å². The highest BCUT2D eigenvalue weighted by atomic mass is 19.1. The minimum Gasteiger partial charge on any atom is -0.253 e. The van der Waals surface area contributed by atoms with Gasteiger partial charge in [-0.3, -0.25) is 4.98 Å². The Hall–Kier alpha value is -1.44. The molecule has 0 aliphatic heterocycles. The average molecular weight is 203 g/mol. The molecule has 1 aromatic carbocycles. The Labute approximate surface area is 89.0 Å². The van der Waals surface area contributed by atoms with Crippen LogP contribution < -0.4 is 0 Å². The molecular weight excluding hydrogens is 189 g/mol. The molecule has 0 saturated heterocycles. The van der Waals surface area contributed by atoms with Crippen molar-refractivity contribution in [1.82, 2.24) is 4.98 Å². The van der Waals surface area contributed by atoms with E-state index in [0.717, 1.165) is 22.9 Å². The largest absolute Gasteiger partial charge is 0.253 e. The van der Waals surface area contributed by atoms with Gasteiger partial charge in [0.15, 0.2) is 0 Å². The maximum atomic E-state index is 13.7. The first-order chi connectivity index (χ1) is 7.24. The first-order valence-electron chi connectivity index (χ1n) is 5.27. The van der Waals surface area contributed by atoms with E-state index in [1.54, 1.807) is 0 Å². The number of hydrogen-bond acceptors (Lipinski definition) is 1. The molecule has 1 heterocycles. The molecule has 0 aliphatic rings. The fourth-order valence-corrected chi connectivity index (χ4v) is 1.84. The molecule has 0 saturated carbocycles. The van der Waals surface area contributed by atoms with Gasteiger partial charge in [-0.15, -0.1) is 0 Å². The van der Waals surface area contributed by atoms with Gasteiger partial charge in [0.25, 0.3) is 0 Å². The second kappa shape index (κ2) is 3.97. The molecule has 0 fully saturated rings. The summed E-state index contributed by atoms with van der Waals surface area (Å²) < 4.78 is 13.7. The summed E-state index contributed by atoms with van der Waals surface area (Å²) in [6.07, 6.45) is 2.26. The number of halogens is 1. The molecule has 2 heteroatoms. The van der Waals surface area contributed by atoms with Crippen molar-refractivity contribution in [1.29, 1.82) is 0 Å². The summed E-state index contributed by atoms with van der Waals surface area (Å²) >= 11 is 0. The molecule has 15 heavy (non-hydrogen) atoms. The molecule has 0 spiro atoms. The van der Waals surface area contributed by atoms with Crippen LogP contribution in [0.4, 0.5) is 4.39 Å². The minimum absolute atomic E-state index is 0.192. The van der Waals surface area contributed by atoms with Gasteiger partial charge in [-0.25, -0.2) is 4.39 Å². The number of hydrogen-bond donors (Lipinski definition) is 0. The summed E-state index contributed by atoms with van der Waals surface area (Å²) in [6, 6.07) is 7.70. The zero-order chi connectivity index (χ0) is 10.8. The average Bonchev–Trinajstić information content (AvgIpc) is 2.28. The molecule has 2 rings (SSSR count). The second-order valence-corrected chi connectivity index (χ2v) is 3.85. The summed E-state index contributed by atoms with van der Waals surface area (Å²) in [5.74, 6) is 0.0425. The van der Waals surface area contributed by atoms with Crippen LogP contribution in [0.5, 0.6) is 0 Å². The van der Waals surface area contributed by atoms with Crippen molar-refractivity contribution < 1.29 is 4.39 Å². The van der Waals surface area contributed by atoms with E-state index in [4.69, 9.17) is 0 Å². The van der Waals surface area contributed by atoms with E-state index in [-0.39, 0.29) is 11.7 Å². The summed E-state index contributed by atoms with van der Waals surface area (Å²) in [5, 5.41) is 0.937. The highest BCUT2D eigenvalue weighted by Gasteiger charge is 2.13. The highest BCUT2D eigenvalue weighted by molar-refractivity contribution is 5.82. The monoisotopic (exact) mass is 203 g/mol. The number of aromatic nitrogens is 1. The summed E-state index contributed by atoms with van der Waals surface area (Å²) in [5.41, 5.74) is 1.66. The van der Waals surface area contributed by atoms with Crippen molar-refractivity contribution in [3.8, 4) is 0 Å². The molecule has 78 valence electrons. The van der Waals surface area contributed by atoms with E-state index in [1.165, 1.54) is 6.20 Å². The number of para-hydroxylation sites is 1. The normalized spacial score (nSPS) is 13.0. The molecule has 0 N–H and O–H groups in total. The van der Waals surface area contributed by atoms with Crippen molar-refractivity contribution in [2.75, 3.05) is 0 Å². The topological polar surface area (TPSA) is 12.9 Å². The van der Waals surface area contributed by atoms with E-state index < -0.39 is 0 Å². The van der Waals surface area contributed by atoms with E-state index in [0.29, 0.717) is 0 Å². The zero-order valence-electron chi connectivity index (χ0n) is 9.00. The van der Waals surface area contributed by atoms with Crippen LogP contribution in [0.1, 0.15) is 31.7 Å². The van der Waals surface area contributed by atoms with E-state index in [1.807, 2.05) is 31.2 Å². The number of benzene rings is 1. The second-order valence-electron chi connectivity index (χ2n) is 3.85. The third-order valence-electron chi connectivity index (χ3n) is 2.87. The van der Waals surface area contributed by atoms with Gasteiger partial charge in [-0.1, -0.05) is 32.0 Å². The van der Waals surface area contributed by atoms with Gasteiger partial charge in [0.1, 0.15) is 5.82 Å². The van der Waals surface area contributed by atoms with Crippen molar-refractivity contribution in [2.24, 2.45) is 0 Å². The van der Waals surface area contributed by atoms with Gasteiger partial charge in [-0.2, -0.15) is 0 Å². The highest BCUT2D eigenvalue weighted by Crippen LogP contribution is 2.28. The maximum absolute atomic E-state index is 13.7. The molecule has 0 amide bonds. The lowest BCUT2D eigenvalue weighted by Crippen LogP contribution is -1.98. The van der Waals surface area contributed by atoms with E-state index in [2.05, 4.69) is 11.9 Å². The summed E-state index contributed by atoms with van der Waals surface area (Å²) in [6.45, 7) is 4.12. The number of nitrogens with zero attached hydrogens (tertiary/aromatic N) is 1. The first-order valence-corrected chi connectivity index (χ1v) is 5.27. The third kappa shape index (κ3) is 1.72. The quantitative estimate of drug-likeness (QED) is 0.721. The molecule has 1 aromatic heterocycles. The molecule has 2 aromatic rings.